The van der Waals surface area contributed by atoms with Gasteiger partial charge in [-0.25, -0.2) is 4.98 Å². The Bertz CT molecular complexity index is 991. The molecule has 2 atom stereocenters. The van der Waals surface area contributed by atoms with Crippen LogP contribution in [0.1, 0.15) is 43.9 Å². The number of likely N-dealkylation sites (tertiary alicyclic amines) is 1. The number of rotatable bonds is 5. The molecule has 4 heterocycles. The zero-order chi connectivity index (χ0) is 18.9. The molecule has 0 amide bonds. The molecule has 1 aliphatic carbocycles. The van der Waals surface area contributed by atoms with Crippen molar-refractivity contribution in [2.24, 2.45) is 10.9 Å². The van der Waals surface area contributed by atoms with Gasteiger partial charge in [0.05, 0.1) is 5.69 Å². The lowest BCUT2D eigenvalue weighted by molar-refractivity contribution is 0.251. The Morgan fingerprint density at radius 2 is 2.14 bits per heavy atom. The van der Waals surface area contributed by atoms with E-state index in [4.69, 9.17) is 4.98 Å². The summed E-state index contributed by atoms with van der Waals surface area (Å²) in [6.45, 7) is 4.69. The van der Waals surface area contributed by atoms with E-state index in [2.05, 4.69) is 70.0 Å². The van der Waals surface area contributed by atoms with Crippen LogP contribution in [0.4, 0.5) is 0 Å². The van der Waals surface area contributed by atoms with Crippen LogP contribution in [0.25, 0.3) is 11.2 Å². The summed E-state index contributed by atoms with van der Waals surface area (Å²) < 4.78 is 2.20. The number of hydrogen-bond acceptors (Lipinski definition) is 3. The van der Waals surface area contributed by atoms with Crippen molar-refractivity contribution < 1.29 is 0 Å². The van der Waals surface area contributed by atoms with Gasteiger partial charge in [-0.1, -0.05) is 19.1 Å². The molecule has 0 saturated carbocycles. The summed E-state index contributed by atoms with van der Waals surface area (Å²) in [5, 5.41) is 0. The fourth-order valence-electron chi connectivity index (χ4n) is 4.82. The monoisotopic (exact) mass is 372 g/mol. The van der Waals surface area contributed by atoms with E-state index in [0.29, 0.717) is 5.92 Å². The van der Waals surface area contributed by atoms with Crippen molar-refractivity contribution in [2.75, 3.05) is 13.1 Å². The van der Waals surface area contributed by atoms with E-state index < -0.39 is 0 Å². The van der Waals surface area contributed by atoms with Gasteiger partial charge in [0.2, 0.25) is 0 Å². The Labute approximate surface area is 167 Å². The van der Waals surface area contributed by atoms with Crippen molar-refractivity contribution in [2.45, 2.75) is 45.1 Å². The van der Waals surface area contributed by atoms with Crippen LogP contribution in [0.2, 0.25) is 0 Å². The average molecular weight is 373 g/mol. The molecule has 2 aromatic rings. The highest BCUT2D eigenvalue weighted by Gasteiger charge is 2.22. The molecule has 0 spiro atoms. The first kappa shape index (κ1) is 17.6. The molecule has 144 valence electrons. The van der Waals surface area contributed by atoms with Crippen LogP contribution in [0.3, 0.4) is 0 Å². The molecule has 0 radical (unpaired) electrons. The van der Waals surface area contributed by atoms with Gasteiger partial charge in [-0.3, -0.25) is 4.99 Å². The van der Waals surface area contributed by atoms with E-state index >= 15 is 0 Å². The molecule has 1 saturated heterocycles. The summed E-state index contributed by atoms with van der Waals surface area (Å²) in [4.78, 5) is 12.0. The number of fused-ring (bicyclic) bond motifs is 2. The van der Waals surface area contributed by atoms with Crippen molar-refractivity contribution in [1.82, 2.24) is 14.3 Å². The SMILES string of the molecule is CCC1CCCN1CCc1cn2cc(C3=CC=C4N=CC=CC4C3)ccc2n1. The maximum Gasteiger partial charge on any atom is 0.137 e. The first-order chi connectivity index (χ1) is 13.8. The van der Waals surface area contributed by atoms with Crippen molar-refractivity contribution in [3.05, 3.63) is 65.8 Å². The molecular weight excluding hydrogens is 344 g/mol. The molecule has 0 aromatic carbocycles. The largest absolute Gasteiger partial charge is 0.306 e. The quantitative estimate of drug-likeness (QED) is 0.763. The first-order valence-corrected chi connectivity index (χ1v) is 10.6. The average Bonchev–Trinajstić information content (AvgIpc) is 3.37. The zero-order valence-electron chi connectivity index (χ0n) is 16.6. The van der Waals surface area contributed by atoms with Crippen LogP contribution in [0, 0.1) is 5.92 Å². The minimum atomic E-state index is 0.408. The van der Waals surface area contributed by atoms with Gasteiger partial charge in [-0.2, -0.15) is 0 Å². The third kappa shape index (κ3) is 3.37. The highest BCUT2D eigenvalue weighted by molar-refractivity contribution is 5.76. The Morgan fingerprint density at radius 3 is 3.07 bits per heavy atom. The number of allylic oxidation sites excluding steroid dienone is 5. The minimum Gasteiger partial charge on any atom is -0.306 e. The predicted molar refractivity (Wildman–Crippen MR) is 116 cm³/mol. The van der Waals surface area contributed by atoms with Gasteiger partial charge in [-0.05, 0) is 67.6 Å². The maximum absolute atomic E-state index is 4.85. The molecule has 28 heavy (non-hydrogen) atoms. The third-order valence-electron chi connectivity index (χ3n) is 6.43. The van der Waals surface area contributed by atoms with E-state index in [9.17, 15) is 0 Å². The normalized spacial score (nSPS) is 24.5. The summed E-state index contributed by atoms with van der Waals surface area (Å²) in [7, 11) is 0. The minimum absolute atomic E-state index is 0.408. The van der Waals surface area contributed by atoms with E-state index in [1.807, 2.05) is 6.21 Å². The van der Waals surface area contributed by atoms with Crippen LogP contribution in [0.5, 0.6) is 0 Å². The molecule has 4 nitrogen and oxygen atoms in total. The molecule has 3 aliphatic rings. The number of aromatic nitrogens is 2. The van der Waals surface area contributed by atoms with Gasteiger partial charge in [0, 0.05) is 49.2 Å². The summed E-state index contributed by atoms with van der Waals surface area (Å²) in [5.74, 6) is 0.408. The lowest BCUT2D eigenvalue weighted by Gasteiger charge is -2.22. The van der Waals surface area contributed by atoms with Crippen LogP contribution in [-0.4, -0.2) is 39.6 Å². The molecule has 2 unspecified atom stereocenters. The fraction of sp³-hybridized carbons (Fsp3) is 0.417. The van der Waals surface area contributed by atoms with Crippen LogP contribution in [-0.2, 0) is 6.42 Å². The van der Waals surface area contributed by atoms with Gasteiger partial charge in [-0.15, -0.1) is 0 Å². The van der Waals surface area contributed by atoms with Gasteiger partial charge in [0.25, 0.3) is 0 Å². The smallest absolute Gasteiger partial charge is 0.137 e. The lowest BCUT2D eigenvalue weighted by Crippen LogP contribution is -2.30. The second-order valence-corrected chi connectivity index (χ2v) is 8.16. The Kier molecular flexibility index (Phi) is 4.73. The van der Waals surface area contributed by atoms with Crippen LogP contribution < -0.4 is 0 Å². The summed E-state index contributed by atoms with van der Waals surface area (Å²) in [5.41, 5.74) is 6.06. The van der Waals surface area contributed by atoms with E-state index in [0.717, 1.165) is 31.1 Å². The Hall–Kier alpha value is -2.46. The van der Waals surface area contributed by atoms with Crippen molar-refractivity contribution in [3.8, 4) is 0 Å². The second kappa shape index (κ2) is 7.51. The Morgan fingerprint density at radius 1 is 1.18 bits per heavy atom. The first-order valence-electron chi connectivity index (χ1n) is 10.6. The molecule has 1 fully saturated rings. The van der Waals surface area contributed by atoms with Crippen LogP contribution in [0.15, 0.2) is 59.5 Å². The molecule has 2 aliphatic heterocycles. The van der Waals surface area contributed by atoms with E-state index in [1.54, 1.807) is 0 Å². The summed E-state index contributed by atoms with van der Waals surface area (Å²) in [6, 6.07) is 5.14. The zero-order valence-corrected chi connectivity index (χ0v) is 16.6. The summed E-state index contributed by atoms with van der Waals surface area (Å²) >= 11 is 0. The number of imidazole rings is 1. The fourth-order valence-corrected chi connectivity index (χ4v) is 4.82. The van der Waals surface area contributed by atoms with E-state index in [-0.39, 0.29) is 0 Å². The Balaban J connectivity index is 1.33. The highest BCUT2D eigenvalue weighted by atomic mass is 15.2. The topological polar surface area (TPSA) is 32.9 Å². The number of dihydropyridines is 1. The number of nitrogens with zero attached hydrogens (tertiary/aromatic N) is 4. The molecule has 0 N–H and O–H groups in total. The van der Waals surface area contributed by atoms with Gasteiger partial charge in [0.15, 0.2) is 0 Å². The maximum atomic E-state index is 4.85. The molecule has 4 heteroatoms. The van der Waals surface area contributed by atoms with Crippen molar-refractivity contribution >= 4 is 17.4 Å². The van der Waals surface area contributed by atoms with Gasteiger partial charge >= 0.3 is 0 Å². The number of pyridine rings is 1. The third-order valence-corrected chi connectivity index (χ3v) is 6.43. The second-order valence-electron chi connectivity index (χ2n) is 8.16. The van der Waals surface area contributed by atoms with E-state index in [1.165, 1.54) is 48.3 Å². The van der Waals surface area contributed by atoms with Crippen molar-refractivity contribution in [1.29, 1.82) is 0 Å². The predicted octanol–water partition coefficient (Wildman–Crippen LogP) is 4.68. The highest BCUT2D eigenvalue weighted by Crippen LogP contribution is 2.34. The number of hydrogen-bond donors (Lipinski definition) is 0. The number of aliphatic imine (C=N–C) groups is 1. The molecular formula is C24H28N4. The molecule has 2 aromatic heterocycles. The van der Waals surface area contributed by atoms with Gasteiger partial charge in [0.1, 0.15) is 5.65 Å². The standard InChI is InChI=1S/C24H28N4/c1-2-22-6-4-13-27(22)14-11-21-17-28-16-20(8-10-24(28)26-21)18-7-9-23-19(15-18)5-3-12-25-23/h3,5,7-10,12,16-17,19,22H,2,4,6,11,13-15H2,1H3. The summed E-state index contributed by atoms with van der Waals surface area (Å²) in [6.07, 6.45) is 21.0. The van der Waals surface area contributed by atoms with Gasteiger partial charge < -0.3 is 9.30 Å². The lowest BCUT2D eigenvalue weighted by atomic mass is 9.87. The molecule has 0 bridgehead atoms. The van der Waals surface area contributed by atoms with Crippen molar-refractivity contribution in [3.63, 3.8) is 0 Å². The molecule has 5 rings (SSSR count). The van der Waals surface area contributed by atoms with Crippen LogP contribution >= 0.6 is 0 Å².